The van der Waals surface area contributed by atoms with Gasteiger partial charge in [-0.2, -0.15) is 0 Å². The number of hydrogen-bond acceptors (Lipinski definition) is 5. The second kappa shape index (κ2) is 7.66. The summed E-state index contributed by atoms with van der Waals surface area (Å²) in [6, 6.07) is 0.123. The smallest absolute Gasteiger partial charge is 0.259 e. The van der Waals surface area contributed by atoms with Crippen LogP contribution in [-0.4, -0.2) is 39.9 Å². The van der Waals surface area contributed by atoms with Crippen molar-refractivity contribution in [1.29, 1.82) is 0 Å². The van der Waals surface area contributed by atoms with Gasteiger partial charge in [-0.1, -0.05) is 6.92 Å². The van der Waals surface area contributed by atoms with Crippen molar-refractivity contribution in [3.8, 4) is 0 Å². The van der Waals surface area contributed by atoms with Crippen molar-refractivity contribution in [3.05, 3.63) is 26.6 Å². The number of amides is 1. The number of hydrogen-bond donors (Lipinski definition) is 2. The molecule has 7 heteroatoms. The van der Waals surface area contributed by atoms with Crippen LogP contribution in [0.25, 0.3) is 10.2 Å². The lowest BCUT2D eigenvalue weighted by atomic mass is 9.97. The van der Waals surface area contributed by atoms with Gasteiger partial charge in [0.2, 0.25) is 5.91 Å². The Morgan fingerprint density at radius 3 is 2.84 bits per heavy atom. The van der Waals surface area contributed by atoms with E-state index in [1.807, 2.05) is 25.7 Å². The number of nitrogens with zero attached hydrogens (tertiary/aromatic N) is 2. The van der Waals surface area contributed by atoms with E-state index in [4.69, 9.17) is 0 Å². The second-order valence-electron chi connectivity index (χ2n) is 6.93. The molecule has 6 nitrogen and oxygen atoms in total. The first-order valence-corrected chi connectivity index (χ1v) is 9.84. The van der Waals surface area contributed by atoms with Crippen molar-refractivity contribution in [2.24, 2.45) is 0 Å². The van der Waals surface area contributed by atoms with Gasteiger partial charge in [0.25, 0.3) is 5.56 Å². The average molecular weight is 362 g/mol. The molecular formula is C18H26N4O2S. The van der Waals surface area contributed by atoms with Crippen molar-refractivity contribution >= 4 is 27.5 Å². The minimum absolute atomic E-state index is 0.00753. The van der Waals surface area contributed by atoms with E-state index in [1.165, 1.54) is 16.9 Å². The SMILES string of the molecule is CCN(CC(=O)NC(C)C)Cc1nc2sc3c(c2c(=O)[nH]1)CCCC3. The molecule has 0 aromatic carbocycles. The van der Waals surface area contributed by atoms with Crippen LogP contribution in [0.5, 0.6) is 0 Å². The molecule has 1 aliphatic rings. The highest BCUT2D eigenvalue weighted by Crippen LogP contribution is 2.33. The van der Waals surface area contributed by atoms with Gasteiger partial charge in [-0.05, 0) is 51.6 Å². The van der Waals surface area contributed by atoms with Crippen molar-refractivity contribution in [2.75, 3.05) is 13.1 Å². The first-order chi connectivity index (χ1) is 12.0. The molecule has 2 N–H and O–H groups in total. The number of fused-ring (bicyclic) bond motifs is 3. The molecule has 2 aromatic rings. The Kier molecular flexibility index (Phi) is 5.54. The summed E-state index contributed by atoms with van der Waals surface area (Å²) in [5, 5.41) is 3.68. The van der Waals surface area contributed by atoms with E-state index in [-0.39, 0.29) is 17.5 Å². The summed E-state index contributed by atoms with van der Waals surface area (Å²) in [6.45, 7) is 7.38. The summed E-state index contributed by atoms with van der Waals surface area (Å²) < 4.78 is 0. The van der Waals surface area contributed by atoms with Crippen molar-refractivity contribution < 1.29 is 4.79 Å². The van der Waals surface area contributed by atoms with Crippen LogP contribution < -0.4 is 10.9 Å². The predicted molar refractivity (Wildman–Crippen MR) is 101 cm³/mol. The molecule has 1 aliphatic carbocycles. The fourth-order valence-corrected chi connectivity index (χ4v) is 4.63. The lowest BCUT2D eigenvalue weighted by Crippen LogP contribution is -2.40. The van der Waals surface area contributed by atoms with E-state index in [1.54, 1.807) is 11.3 Å². The molecule has 0 radical (unpaired) electrons. The third-order valence-electron chi connectivity index (χ3n) is 4.51. The molecule has 2 aromatic heterocycles. The lowest BCUT2D eigenvalue weighted by molar-refractivity contribution is -0.122. The van der Waals surface area contributed by atoms with Gasteiger partial charge >= 0.3 is 0 Å². The van der Waals surface area contributed by atoms with Gasteiger partial charge in [0.1, 0.15) is 10.7 Å². The van der Waals surface area contributed by atoms with Crippen LogP contribution in [0.15, 0.2) is 4.79 Å². The molecule has 0 aliphatic heterocycles. The maximum absolute atomic E-state index is 12.6. The van der Waals surface area contributed by atoms with Crippen LogP contribution in [0.1, 0.15) is 49.9 Å². The van der Waals surface area contributed by atoms with E-state index in [0.717, 1.165) is 29.5 Å². The average Bonchev–Trinajstić information content (AvgIpc) is 2.92. The normalized spacial score (nSPS) is 14.3. The number of rotatable bonds is 6. The Balaban J connectivity index is 1.81. The number of aromatic nitrogens is 2. The van der Waals surface area contributed by atoms with Gasteiger partial charge in [-0.25, -0.2) is 4.98 Å². The van der Waals surface area contributed by atoms with Gasteiger partial charge in [0.15, 0.2) is 0 Å². The maximum atomic E-state index is 12.6. The van der Waals surface area contributed by atoms with Crippen LogP contribution in [0, 0.1) is 0 Å². The lowest BCUT2D eigenvalue weighted by Gasteiger charge is -2.20. The third kappa shape index (κ3) is 4.10. The Morgan fingerprint density at radius 1 is 1.36 bits per heavy atom. The minimum Gasteiger partial charge on any atom is -0.353 e. The maximum Gasteiger partial charge on any atom is 0.259 e. The van der Waals surface area contributed by atoms with E-state index in [2.05, 4.69) is 15.3 Å². The molecule has 1 amide bonds. The molecule has 0 bridgehead atoms. The fourth-order valence-electron chi connectivity index (χ4n) is 3.35. The molecule has 0 saturated carbocycles. The molecule has 0 spiro atoms. The standard InChI is InChI=1S/C18H26N4O2S/c1-4-22(10-15(23)19-11(2)3)9-14-20-17(24)16-12-7-5-6-8-13(12)25-18(16)21-14/h11H,4-10H2,1-3H3,(H,19,23)(H,20,21,24). The number of aryl methyl sites for hydroxylation is 2. The number of likely N-dealkylation sites (N-methyl/N-ethyl adjacent to an activating group) is 1. The highest BCUT2D eigenvalue weighted by atomic mass is 32.1. The number of carbonyl (C=O) groups is 1. The minimum atomic E-state index is -0.0397. The predicted octanol–water partition coefficient (Wildman–Crippen LogP) is 2.21. The highest BCUT2D eigenvalue weighted by Gasteiger charge is 2.20. The van der Waals surface area contributed by atoms with Gasteiger partial charge in [-0.3, -0.25) is 14.5 Å². The summed E-state index contributed by atoms with van der Waals surface area (Å²) in [5.41, 5.74) is 1.16. The molecular weight excluding hydrogens is 336 g/mol. The first-order valence-electron chi connectivity index (χ1n) is 9.03. The number of carbonyl (C=O) groups excluding carboxylic acids is 1. The molecule has 25 heavy (non-hydrogen) atoms. The van der Waals surface area contributed by atoms with Crippen molar-refractivity contribution in [3.63, 3.8) is 0 Å². The quantitative estimate of drug-likeness (QED) is 0.826. The van der Waals surface area contributed by atoms with E-state index in [9.17, 15) is 9.59 Å². The Bertz CT molecular complexity index is 824. The van der Waals surface area contributed by atoms with Crippen molar-refractivity contribution in [2.45, 2.75) is 59.0 Å². The number of nitrogens with one attached hydrogen (secondary N) is 2. The van der Waals surface area contributed by atoms with Gasteiger partial charge < -0.3 is 10.3 Å². The number of H-pyrrole nitrogens is 1. The van der Waals surface area contributed by atoms with Crippen LogP contribution in [0.4, 0.5) is 0 Å². The zero-order chi connectivity index (χ0) is 18.0. The van der Waals surface area contributed by atoms with Gasteiger partial charge in [0.05, 0.1) is 18.5 Å². The summed E-state index contributed by atoms with van der Waals surface area (Å²) in [5.74, 6) is 0.627. The van der Waals surface area contributed by atoms with Crippen LogP contribution in [0.3, 0.4) is 0 Å². The zero-order valence-electron chi connectivity index (χ0n) is 15.1. The van der Waals surface area contributed by atoms with E-state index in [0.29, 0.717) is 25.5 Å². The molecule has 0 saturated heterocycles. The van der Waals surface area contributed by atoms with Gasteiger partial charge in [0, 0.05) is 10.9 Å². The number of aromatic amines is 1. The summed E-state index contributed by atoms with van der Waals surface area (Å²) in [7, 11) is 0. The first kappa shape index (κ1) is 18.1. The highest BCUT2D eigenvalue weighted by molar-refractivity contribution is 7.18. The van der Waals surface area contributed by atoms with Crippen LogP contribution >= 0.6 is 11.3 Å². The topological polar surface area (TPSA) is 78.1 Å². The zero-order valence-corrected chi connectivity index (χ0v) is 16.0. The van der Waals surface area contributed by atoms with E-state index >= 15 is 0 Å². The Morgan fingerprint density at radius 2 is 2.12 bits per heavy atom. The monoisotopic (exact) mass is 362 g/mol. The molecule has 3 rings (SSSR count). The second-order valence-corrected chi connectivity index (χ2v) is 8.01. The summed E-state index contributed by atoms with van der Waals surface area (Å²) in [4.78, 5) is 36.3. The number of thiophene rings is 1. The van der Waals surface area contributed by atoms with E-state index < -0.39 is 0 Å². The summed E-state index contributed by atoms with van der Waals surface area (Å²) >= 11 is 1.66. The van der Waals surface area contributed by atoms with Crippen molar-refractivity contribution in [1.82, 2.24) is 20.2 Å². The largest absolute Gasteiger partial charge is 0.353 e. The third-order valence-corrected chi connectivity index (χ3v) is 5.70. The van der Waals surface area contributed by atoms with Gasteiger partial charge in [-0.15, -0.1) is 11.3 Å². The molecule has 0 atom stereocenters. The fraction of sp³-hybridized carbons (Fsp3) is 0.611. The molecule has 2 heterocycles. The van der Waals surface area contributed by atoms with Crippen LogP contribution in [-0.2, 0) is 24.2 Å². The molecule has 136 valence electrons. The molecule has 0 unspecified atom stereocenters. The Labute approximate surface area is 151 Å². The summed E-state index contributed by atoms with van der Waals surface area (Å²) in [6.07, 6.45) is 4.38. The van der Waals surface area contributed by atoms with Crippen LogP contribution in [0.2, 0.25) is 0 Å². The molecule has 0 fully saturated rings. The Hall–Kier alpha value is -1.73.